The largest absolute Gasteiger partial charge is 0.468 e. The third kappa shape index (κ3) is 3.18. The number of hydrogen-bond donors (Lipinski definition) is 1. The van der Waals surface area contributed by atoms with Gasteiger partial charge in [0.2, 0.25) is 5.91 Å². The van der Waals surface area contributed by atoms with Gasteiger partial charge in [-0.2, -0.15) is 0 Å². The summed E-state index contributed by atoms with van der Waals surface area (Å²) in [5, 5.41) is 2.64. The fraction of sp³-hybridized carbons (Fsp3) is 0.800. The maximum absolute atomic E-state index is 11.6. The summed E-state index contributed by atoms with van der Waals surface area (Å²) in [6.45, 7) is 1.35. The third-order valence-corrected chi connectivity index (χ3v) is 3.43. The van der Waals surface area contributed by atoms with Gasteiger partial charge in [-0.1, -0.05) is 15.9 Å². The standard InChI is InChI=1S/C10H17BrN2O3/c1-12-9(14)8-4-3-5-13(8)6-7(11)10(15)16-2/h7-8H,3-6H2,1-2H3,(H,12,14). The summed E-state index contributed by atoms with van der Waals surface area (Å²) in [5.74, 6) is -0.287. The van der Waals surface area contributed by atoms with Gasteiger partial charge < -0.3 is 10.1 Å². The lowest BCUT2D eigenvalue weighted by Gasteiger charge is -2.24. The molecule has 0 spiro atoms. The van der Waals surface area contributed by atoms with Crippen LogP contribution in [0.25, 0.3) is 0 Å². The van der Waals surface area contributed by atoms with Gasteiger partial charge in [-0.3, -0.25) is 14.5 Å². The number of halogens is 1. The molecule has 0 saturated carbocycles. The van der Waals surface area contributed by atoms with Crippen molar-refractivity contribution in [3.05, 3.63) is 0 Å². The molecule has 1 amide bonds. The molecule has 1 aliphatic rings. The summed E-state index contributed by atoms with van der Waals surface area (Å²) < 4.78 is 4.63. The molecule has 0 aromatic rings. The summed E-state index contributed by atoms with van der Waals surface area (Å²) >= 11 is 3.26. The van der Waals surface area contributed by atoms with Gasteiger partial charge in [0.1, 0.15) is 4.83 Å². The summed E-state index contributed by atoms with van der Waals surface area (Å²) in [7, 11) is 2.99. The minimum absolute atomic E-state index is 0.0158. The minimum Gasteiger partial charge on any atom is -0.468 e. The quantitative estimate of drug-likeness (QED) is 0.591. The van der Waals surface area contributed by atoms with Gasteiger partial charge in [0.25, 0.3) is 0 Å². The molecule has 0 aromatic heterocycles. The lowest BCUT2D eigenvalue weighted by molar-refractivity contribution is -0.140. The highest BCUT2D eigenvalue weighted by Crippen LogP contribution is 2.19. The molecule has 1 fully saturated rings. The van der Waals surface area contributed by atoms with Crippen molar-refractivity contribution in [3.8, 4) is 0 Å². The first-order valence-electron chi connectivity index (χ1n) is 5.27. The van der Waals surface area contributed by atoms with Crippen molar-refractivity contribution in [3.63, 3.8) is 0 Å². The first-order chi connectivity index (χ1) is 7.60. The van der Waals surface area contributed by atoms with Crippen LogP contribution in [0.2, 0.25) is 0 Å². The van der Waals surface area contributed by atoms with Crippen molar-refractivity contribution < 1.29 is 14.3 Å². The van der Waals surface area contributed by atoms with Crippen molar-refractivity contribution in [2.45, 2.75) is 23.7 Å². The Morgan fingerprint density at radius 2 is 2.31 bits per heavy atom. The summed E-state index contributed by atoms with van der Waals surface area (Å²) in [6, 6.07) is -0.116. The number of rotatable bonds is 4. The highest BCUT2D eigenvalue weighted by molar-refractivity contribution is 9.10. The van der Waals surface area contributed by atoms with Crippen LogP contribution < -0.4 is 5.32 Å². The topological polar surface area (TPSA) is 58.6 Å². The Morgan fingerprint density at radius 1 is 1.62 bits per heavy atom. The number of alkyl halides is 1. The van der Waals surface area contributed by atoms with E-state index in [1.807, 2.05) is 4.90 Å². The van der Waals surface area contributed by atoms with E-state index in [4.69, 9.17) is 0 Å². The van der Waals surface area contributed by atoms with Crippen molar-refractivity contribution in [1.82, 2.24) is 10.2 Å². The second-order valence-electron chi connectivity index (χ2n) is 3.76. The van der Waals surface area contributed by atoms with E-state index >= 15 is 0 Å². The maximum atomic E-state index is 11.6. The van der Waals surface area contributed by atoms with Gasteiger partial charge in [0.05, 0.1) is 13.2 Å². The van der Waals surface area contributed by atoms with Crippen LogP contribution >= 0.6 is 15.9 Å². The fourth-order valence-corrected chi connectivity index (χ4v) is 2.48. The molecule has 5 nitrogen and oxygen atoms in total. The van der Waals surface area contributed by atoms with Crippen LogP contribution in [0.15, 0.2) is 0 Å². The number of methoxy groups -OCH3 is 1. The molecule has 0 aromatic carbocycles. The van der Waals surface area contributed by atoms with Crippen LogP contribution in [-0.2, 0) is 14.3 Å². The number of carbonyl (C=O) groups is 2. The Kier molecular flexibility index (Phi) is 5.21. The number of hydrogen-bond acceptors (Lipinski definition) is 4. The Labute approximate surface area is 104 Å². The van der Waals surface area contributed by atoms with E-state index in [9.17, 15) is 9.59 Å². The van der Waals surface area contributed by atoms with Gasteiger partial charge in [-0.05, 0) is 19.4 Å². The van der Waals surface area contributed by atoms with E-state index in [1.54, 1.807) is 7.05 Å². The van der Waals surface area contributed by atoms with Gasteiger partial charge in [0.15, 0.2) is 0 Å². The van der Waals surface area contributed by atoms with E-state index in [0.717, 1.165) is 19.4 Å². The Hall–Kier alpha value is -0.620. The molecular weight excluding hydrogens is 276 g/mol. The fourth-order valence-electron chi connectivity index (χ4n) is 1.92. The van der Waals surface area contributed by atoms with Crippen molar-refractivity contribution in [2.24, 2.45) is 0 Å². The van der Waals surface area contributed by atoms with E-state index < -0.39 is 0 Å². The van der Waals surface area contributed by atoms with E-state index in [1.165, 1.54) is 7.11 Å². The zero-order chi connectivity index (χ0) is 12.1. The summed E-state index contributed by atoms with van der Waals surface area (Å²) in [5.41, 5.74) is 0. The smallest absolute Gasteiger partial charge is 0.320 e. The molecule has 2 unspecified atom stereocenters. The molecule has 0 bridgehead atoms. The predicted octanol–water partition coefficient (Wildman–Crippen LogP) is 0.133. The maximum Gasteiger partial charge on any atom is 0.320 e. The highest BCUT2D eigenvalue weighted by Gasteiger charge is 2.32. The average Bonchev–Trinajstić information content (AvgIpc) is 2.74. The molecule has 16 heavy (non-hydrogen) atoms. The van der Waals surface area contributed by atoms with Gasteiger partial charge in [-0.15, -0.1) is 0 Å². The first-order valence-corrected chi connectivity index (χ1v) is 6.19. The van der Waals surface area contributed by atoms with E-state index in [2.05, 4.69) is 26.0 Å². The zero-order valence-electron chi connectivity index (χ0n) is 9.53. The van der Waals surface area contributed by atoms with E-state index in [0.29, 0.717) is 6.54 Å². The normalized spacial score (nSPS) is 22.8. The van der Waals surface area contributed by atoms with Crippen LogP contribution in [0.1, 0.15) is 12.8 Å². The average molecular weight is 293 g/mol. The molecule has 1 saturated heterocycles. The number of ether oxygens (including phenoxy) is 1. The van der Waals surface area contributed by atoms with Crippen LogP contribution in [0.3, 0.4) is 0 Å². The SMILES string of the molecule is CNC(=O)C1CCCN1CC(Br)C(=O)OC. The van der Waals surface area contributed by atoms with Gasteiger partial charge in [-0.25, -0.2) is 0 Å². The molecule has 2 atom stereocenters. The molecule has 6 heteroatoms. The number of likely N-dealkylation sites (tertiary alicyclic amines) is 1. The van der Waals surface area contributed by atoms with Crippen LogP contribution in [-0.4, -0.2) is 54.9 Å². The predicted molar refractivity (Wildman–Crippen MR) is 63.4 cm³/mol. The lowest BCUT2D eigenvalue weighted by Crippen LogP contribution is -2.45. The number of nitrogens with zero attached hydrogens (tertiary/aromatic N) is 1. The van der Waals surface area contributed by atoms with Crippen molar-refractivity contribution in [1.29, 1.82) is 0 Å². The van der Waals surface area contributed by atoms with Crippen molar-refractivity contribution >= 4 is 27.8 Å². The van der Waals surface area contributed by atoms with Gasteiger partial charge in [0, 0.05) is 13.6 Å². The molecule has 1 N–H and O–H groups in total. The molecular formula is C10H17BrN2O3. The molecule has 92 valence electrons. The highest BCUT2D eigenvalue weighted by atomic mass is 79.9. The molecule has 1 aliphatic heterocycles. The van der Waals surface area contributed by atoms with Crippen LogP contribution in [0, 0.1) is 0 Å². The summed E-state index contributed by atoms with van der Waals surface area (Å²) in [4.78, 5) is 24.4. The zero-order valence-corrected chi connectivity index (χ0v) is 11.1. The lowest BCUT2D eigenvalue weighted by atomic mass is 10.2. The van der Waals surface area contributed by atoms with Crippen molar-refractivity contribution in [2.75, 3.05) is 27.2 Å². The number of esters is 1. The molecule has 0 aliphatic carbocycles. The second-order valence-corrected chi connectivity index (χ2v) is 4.86. The van der Waals surface area contributed by atoms with Crippen LogP contribution in [0.4, 0.5) is 0 Å². The monoisotopic (exact) mass is 292 g/mol. The Bertz CT molecular complexity index is 273. The number of carbonyl (C=O) groups excluding carboxylic acids is 2. The Balaban J connectivity index is 2.52. The third-order valence-electron chi connectivity index (χ3n) is 2.76. The van der Waals surface area contributed by atoms with Gasteiger partial charge >= 0.3 is 5.97 Å². The van der Waals surface area contributed by atoms with Crippen LogP contribution in [0.5, 0.6) is 0 Å². The minimum atomic E-state index is -0.372. The number of likely N-dealkylation sites (N-methyl/N-ethyl adjacent to an activating group) is 1. The molecule has 0 radical (unpaired) electrons. The number of amides is 1. The number of nitrogens with one attached hydrogen (secondary N) is 1. The molecule has 1 rings (SSSR count). The van der Waals surface area contributed by atoms with E-state index in [-0.39, 0.29) is 22.7 Å². The first kappa shape index (κ1) is 13.4. The molecule has 1 heterocycles. The summed E-state index contributed by atoms with van der Waals surface area (Å²) in [6.07, 6.45) is 1.83. The second kappa shape index (κ2) is 6.20. The Morgan fingerprint density at radius 3 is 2.88 bits per heavy atom.